The maximum absolute atomic E-state index is 14.1. The molecular weight excluding hydrogens is 461 g/mol. The van der Waals surface area contributed by atoms with Crippen molar-refractivity contribution in [1.29, 1.82) is 0 Å². The molecule has 1 amide bonds. The van der Waals surface area contributed by atoms with Crippen LogP contribution in [0.4, 0.5) is 4.39 Å². The van der Waals surface area contributed by atoms with E-state index in [0.717, 1.165) is 0 Å². The van der Waals surface area contributed by atoms with E-state index in [1.807, 2.05) is 41.0 Å². The molecule has 186 valence electrons. The molecule has 9 heteroatoms. The Balaban J connectivity index is 1.41. The number of nitrogens with zero attached hydrogens (tertiary/aromatic N) is 5. The summed E-state index contributed by atoms with van der Waals surface area (Å²) in [7, 11) is 1.61. The number of amides is 1. The Kier molecular flexibility index (Phi) is 6.92. The zero-order valence-electron chi connectivity index (χ0n) is 20.1. The van der Waals surface area contributed by atoms with E-state index in [0.29, 0.717) is 73.9 Å². The lowest BCUT2D eigenvalue weighted by Gasteiger charge is -2.35. The largest absolute Gasteiger partial charge is 0.383 e. The molecule has 0 aromatic heterocycles. The summed E-state index contributed by atoms with van der Waals surface area (Å²) in [5, 5.41) is 4.56. The molecule has 0 bridgehead atoms. The molecule has 0 N–H and O–H groups in total. The number of ether oxygens (including phenoxy) is 1. The van der Waals surface area contributed by atoms with E-state index in [1.54, 1.807) is 36.5 Å². The number of benzene rings is 2. The van der Waals surface area contributed by atoms with E-state index in [4.69, 9.17) is 4.74 Å². The predicted octanol–water partition coefficient (Wildman–Crippen LogP) is 2.88. The second-order valence-corrected chi connectivity index (χ2v) is 8.88. The van der Waals surface area contributed by atoms with Gasteiger partial charge in [0.2, 0.25) is 0 Å². The normalized spacial score (nSPS) is 14.4. The number of halogens is 1. The molecule has 5 rings (SSSR count). The molecule has 8 nitrogen and oxygen atoms in total. The van der Waals surface area contributed by atoms with Gasteiger partial charge in [0.25, 0.3) is 11.5 Å². The topological polar surface area (TPSA) is 72.6 Å². The fraction of sp³-hybridized carbons (Fsp3) is 0.296. The van der Waals surface area contributed by atoms with Gasteiger partial charge in [0.1, 0.15) is 11.5 Å². The summed E-state index contributed by atoms with van der Waals surface area (Å²) in [6, 6.07) is 15.9. The average molecular weight is 490 g/mol. The van der Waals surface area contributed by atoms with Gasteiger partial charge in [0.15, 0.2) is 0 Å². The molecule has 2 aromatic carbocycles. The summed E-state index contributed by atoms with van der Waals surface area (Å²) in [5.41, 5.74) is 2.18. The molecule has 3 heterocycles. The first-order chi connectivity index (χ1) is 17.5. The summed E-state index contributed by atoms with van der Waals surface area (Å²) in [4.78, 5) is 30.8. The highest BCUT2D eigenvalue weighted by atomic mass is 19.1. The monoisotopic (exact) mass is 489 g/mol. The quantitative estimate of drug-likeness (QED) is 0.399. The van der Waals surface area contributed by atoms with Crippen molar-refractivity contribution in [3.8, 4) is 16.9 Å². The third kappa shape index (κ3) is 4.80. The number of hydrogen-bond acceptors (Lipinski definition) is 5. The van der Waals surface area contributed by atoms with Crippen molar-refractivity contribution in [2.45, 2.75) is 13.1 Å². The van der Waals surface area contributed by atoms with E-state index < -0.39 is 0 Å². The van der Waals surface area contributed by atoms with Gasteiger partial charge in [-0.05, 0) is 18.2 Å². The van der Waals surface area contributed by atoms with Crippen molar-refractivity contribution in [3.63, 3.8) is 0 Å². The Bertz CT molecular complexity index is 1380. The second-order valence-electron chi connectivity index (χ2n) is 8.88. The molecule has 1 fully saturated rings. The summed E-state index contributed by atoms with van der Waals surface area (Å²) in [6.45, 7) is 3.72. The Labute approximate surface area is 208 Å². The molecular formula is C27H28FN5O3. The Morgan fingerprint density at radius 2 is 1.72 bits per heavy atom. The number of fused-ring (bicyclic) bond motifs is 1. The Morgan fingerprint density at radius 1 is 1.00 bits per heavy atom. The SMILES string of the molecule is COCCn1cc(C(=O)N2CCN(Cc3ccccc3F)CC2)c2nn(-c3ccccc3)c(=O)c-2c1. The van der Waals surface area contributed by atoms with Gasteiger partial charge in [-0.1, -0.05) is 36.4 Å². The number of hydrogen-bond donors (Lipinski definition) is 0. The van der Waals surface area contributed by atoms with Crippen LogP contribution in [0.25, 0.3) is 16.9 Å². The van der Waals surface area contributed by atoms with Crippen LogP contribution >= 0.6 is 0 Å². The molecule has 0 aliphatic carbocycles. The van der Waals surface area contributed by atoms with Gasteiger partial charge in [0.05, 0.1) is 23.4 Å². The van der Waals surface area contributed by atoms with Crippen molar-refractivity contribution in [3.05, 3.63) is 94.3 Å². The van der Waals surface area contributed by atoms with Gasteiger partial charge < -0.3 is 14.2 Å². The van der Waals surface area contributed by atoms with Crippen molar-refractivity contribution in [1.82, 2.24) is 24.1 Å². The molecule has 3 aliphatic heterocycles. The summed E-state index contributed by atoms with van der Waals surface area (Å²) in [5.74, 6) is -0.388. The standard InChI is InChI=1S/C27H28FN5O3/c1-36-16-15-31-18-22(25-23(19-31)27(35)33(29-25)21-8-3-2-4-9-21)26(34)32-13-11-30(12-14-32)17-20-7-5-6-10-24(20)28/h2-10,18-19H,11-17H2,1H3. The average Bonchev–Trinajstić information content (AvgIpc) is 3.25. The molecule has 1 saturated heterocycles. The van der Waals surface area contributed by atoms with Gasteiger partial charge in [0, 0.05) is 64.3 Å². The number of para-hydroxylation sites is 1. The fourth-order valence-corrected chi connectivity index (χ4v) is 4.53. The van der Waals surface area contributed by atoms with Gasteiger partial charge in [-0.15, -0.1) is 0 Å². The number of methoxy groups -OCH3 is 1. The molecule has 0 unspecified atom stereocenters. The maximum Gasteiger partial charge on any atom is 0.282 e. The van der Waals surface area contributed by atoms with Crippen LogP contribution < -0.4 is 5.56 Å². The van der Waals surface area contributed by atoms with Crippen molar-refractivity contribution < 1.29 is 13.9 Å². The third-order valence-electron chi connectivity index (χ3n) is 6.52. The zero-order chi connectivity index (χ0) is 25.1. The fourth-order valence-electron chi connectivity index (χ4n) is 4.53. The summed E-state index contributed by atoms with van der Waals surface area (Å²) >= 11 is 0. The van der Waals surface area contributed by atoms with Crippen molar-refractivity contribution >= 4 is 5.91 Å². The minimum Gasteiger partial charge on any atom is -0.383 e. The van der Waals surface area contributed by atoms with E-state index in [2.05, 4.69) is 10.00 Å². The first kappa shape index (κ1) is 23.9. The minimum atomic E-state index is -0.272. The molecule has 3 aliphatic rings. The Morgan fingerprint density at radius 3 is 2.44 bits per heavy atom. The van der Waals surface area contributed by atoms with Crippen LogP contribution in [0.1, 0.15) is 15.9 Å². The lowest BCUT2D eigenvalue weighted by molar-refractivity contribution is 0.0626. The third-order valence-corrected chi connectivity index (χ3v) is 6.52. The van der Waals surface area contributed by atoms with E-state index >= 15 is 0 Å². The van der Waals surface area contributed by atoms with Crippen molar-refractivity contribution in [2.75, 3.05) is 39.9 Å². The van der Waals surface area contributed by atoms with Crippen LogP contribution in [-0.4, -0.2) is 70.0 Å². The lowest BCUT2D eigenvalue weighted by atomic mass is 10.1. The molecule has 2 aromatic rings. The van der Waals surface area contributed by atoms with Gasteiger partial charge in [-0.25, -0.2) is 4.39 Å². The van der Waals surface area contributed by atoms with Crippen LogP contribution in [0.3, 0.4) is 0 Å². The molecule has 36 heavy (non-hydrogen) atoms. The highest BCUT2D eigenvalue weighted by Crippen LogP contribution is 2.24. The van der Waals surface area contributed by atoms with E-state index in [9.17, 15) is 14.0 Å². The zero-order valence-corrected chi connectivity index (χ0v) is 20.1. The number of aromatic nitrogens is 3. The number of pyridine rings is 1. The first-order valence-electron chi connectivity index (χ1n) is 12.0. The van der Waals surface area contributed by atoms with Crippen LogP contribution in [0.15, 0.2) is 71.8 Å². The number of piperazine rings is 1. The lowest BCUT2D eigenvalue weighted by Crippen LogP contribution is -2.48. The van der Waals surface area contributed by atoms with E-state index in [-0.39, 0.29) is 17.3 Å². The Hall–Kier alpha value is -3.82. The predicted molar refractivity (Wildman–Crippen MR) is 134 cm³/mol. The molecule has 0 saturated carbocycles. The molecule has 0 radical (unpaired) electrons. The first-order valence-corrected chi connectivity index (χ1v) is 12.0. The van der Waals surface area contributed by atoms with Crippen LogP contribution in [0.5, 0.6) is 0 Å². The number of carbonyl (C=O) groups excluding carboxylic acids is 1. The smallest absolute Gasteiger partial charge is 0.282 e. The number of carbonyl (C=O) groups is 1. The van der Waals surface area contributed by atoms with Gasteiger partial charge >= 0.3 is 0 Å². The highest BCUT2D eigenvalue weighted by Gasteiger charge is 2.29. The summed E-state index contributed by atoms with van der Waals surface area (Å²) < 4.78 is 22.4. The maximum atomic E-state index is 14.1. The van der Waals surface area contributed by atoms with Gasteiger partial charge in [-0.2, -0.15) is 9.78 Å². The molecule has 0 atom stereocenters. The van der Waals surface area contributed by atoms with Crippen molar-refractivity contribution in [2.24, 2.45) is 0 Å². The van der Waals surface area contributed by atoms with Gasteiger partial charge in [-0.3, -0.25) is 14.5 Å². The van der Waals surface area contributed by atoms with E-state index in [1.165, 1.54) is 10.7 Å². The van der Waals surface area contributed by atoms with Crippen LogP contribution in [-0.2, 0) is 17.8 Å². The number of rotatable bonds is 7. The van der Waals surface area contributed by atoms with Crippen LogP contribution in [0.2, 0.25) is 0 Å². The van der Waals surface area contributed by atoms with Crippen LogP contribution in [0, 0.1) is 5.82 Å². The second kappa shape index (κ2) is 10.4. The summed E-state index contributed by atoms with van der Waals surface area (Å²) in [6.07, 6.45) is 3.48. The molecule has 0 spiro atoms. The minimum absolute atomic E-state index is 0.171. The highest BCUT2D eigenvalue weighted by molar-refractivity contribution is 6.00.